The molecule has 0 aliphatic rings. The average molecular weight is 331 g/mol. The quantitative estimate of drug-likeness (QED) is 0.201. The van der Waals surface area contributed by atoms with Crippen molar-refractivity contribution in [1.82, 2.24) is 10.4 Å². The number of halogens is 2. The lowest BCUT2D eigenvalue weighted by molar-refractivity contribution is 0.0439. The van der Waals surface area contributed by atoms with E-state index in [-0.39, 0.29) is 18.5 Å². The zero-order valence-electron chi connectivity index (χ0n) is 13.4. The minimum absolute atomic E-state index is 0.0475. The second kappa shape index (κ2) is 8.21. The summed E-state index contributed by atoms with van der Waals surface area (Å²) in [5.41, 5.74) is 2.75. The number of hydrogen-bond acceptors (Lipinski definition) is 4. The molecule has 0 aliphatic heterocycles. The van der Waals surface area contributed by atoms with E-state index in [4.69, 9.17) is 14.9 Å². The molecule has 2 N–H and O–H groups in total. The standard InChI is InChI=1S/C14H23F2N3O2Si/c1-18-19(10-20-7-8-22(2,3)4)14(17)21-11-5-6-12(15)13(16)9-11/h5-6,9,17-18H,7-8,10H2,1-4H3. The molecule has 0 saturated heterocycles. The predicted molar refractivity (Wildman–Crippen MR) is 84.6 cm³/mol. The van der Waals surface area contributed by atoms with Crippen LogP contribution >= 0.6 is 0 Å². The smallest absolute Gasteiger partial charge is 0.306 e. The van der Waals surface area contributed by atoms with Crippen molar-refractivity contribution < 1.29 is 18.3 Å². The molecular weight excluding hydrogens is 308 g/mol. The highest BCUT2D eigenvalue weighted by Crippen LogP contribution is 2.16. The molecule has 1 rings (SSSR count). The van der Waals surface area contributed by atoms with Gasteiger partial charge in [-0.2, -0.15) is 0 Å². The highest BCUT2D eigenvalue weighted by Gasteiger charge is 2.15. The number of benzene rings is 1. The molecule has 0 amide bonds. The van der Waals surface area contributed by atoms with Crippen molar-refractivity contribution in [3.8, 4) is 5.75 Å². The second-order valence-electron chi connectivity index (χ2n) is 5.98. The molecule has 22 heavy (non-hydrogen) atoms. The largest absolute Gasteiger partial charge is 0.425 e. The topological polar surface area (TPSA) is 57.6 Å². The summed E-state index contributed by atoms with van der Waals surface area (Å²) in [5, 5.41) is 9.14. The van der Waals surface area contributed by atoms with E-state index in [1.54, 1.807) is 7.05 Å². The predicted octanol–water partition coefficient (Wildman–Crippen LogP) is 3.03. The summed E-state index contributed by atoms with van der Waals surface area (Å²) in [6.45, 7) is 7.48. The molecule has 0 bridgehead atoms. The third-order valence-electron chi connectivity index (χ3n) is 2.84. The van der Waals surface area contributed by atoms with Gasteiger partial charge in [-0.1, -0.05) is 19.6 Å². The number of nitrogens with one attached hydrogen (secondary N) is 2. The Morgan fingerprint density at radius 1 is 1.27 bits per heavy atom. The Morgan fingerprint density at radius 2 is 1.95 bits per heavy atom. The Bertz CT molecular complexity index is 509. The van der Waals surface area contributed by atoms with Gasteiger partial charge in [0, 0.05) is 27.8 Å². The molecule has 124 valence electrons. The Balaban J connectivity index is 2.48. The van der Waals surface area contributed by atoms with Crippen molar-refractivity contribution in [2.24, 2.45) is 0 Å². The van der Waals surface area contributed by atoms with Crippen LogP contribution in [0.25, 0.3) is 0 Å². The van der Waals surface area contributed by atoms with Crippen molar-refractivity contribution in [2.75, 3.05) is 20.4 Å². The van der Waals surface area contributed by atoms with Crippen LogP contribution in [-0.4, -0.2) is 39.5 Å². The lowest BCUT2D eigenvalue weighted by Crippen LogP contribution is -2.44. The van der Waals surface area contributed by atoms with Crippen LogP contribution in [-0.2, 0) is 4.74 Å². The molecule has 5 nitrogen and oxygen atoms in total. The number of ether oxygens (including phenoxy) is 2. The van der Waals surface area contributed by atoms with Crippen molar-refractivity contribution >= 4 is 14.1 Å². The van der Waals surface area contributed by atoms with Gasteiger partial charge in [0.05, 0.1) is 0 Å². The monoisotopic (exact) mass is 331 g/mol. The van der Waals surface area contributed by atoms with E-state index in [2.05, 4.69) is 25.1 Å². The normalized spacial score (nSPS) is 11.4. The zero-order chi connectivity index (χ0) is 16.8. The van der Waals surface area contributed by atoms with Gasteiger partial charge in [-0.05, 0) is 18.2 Å². The van der Waals surface area contributed by atoms with Gasteiger partial charge in [0.1, 0.15) is 12.5 Å². The molecule has 0 aromatic heterocycles. The van der Waals surface area contributed by atoms with E-state index in [0.29, 0.717) is 6.61 Å². The molecule has 0 unspecified atom stereocenters. The highest BCUT2D eigenvalue weighted by molar-refractivity contribution is 6.76. The number of amidine groups is 1. The highest BCUT2D eigenvalue weighted by atomic mass is 28.3. The lowest BCUT2D eigenvalue weighted by Gasteiger charge is -2.23. The lowest BCUT2D eigenvalue weighted by atomic mass is 10.3. The summed E-state index contributed by atoms with van der Waals surface area (Å²) in [6.07, 6.45) is 0. The van der Waals surface area contributed by atoms with E-state index < -0.39 is 19.7 Å². The van der Waals surface area contributed by atoms with Crippen LogP contribution in [0.1, 0.15) is 0 Å². The van der Waals surface area contributed by atoms with Gasteiger partial charge in [0.2, 0.25) is 0 Å². The Hall–Kier alpha value is -1.51. The molecule has 1 aromatic rings. The Kier molecular flexibility index (Phi) is 6.91. The molecule has 1 aromatic carbocycles. The first-order valence-electron chi connectivity index (χ1n) is 6.97. The molecule has 8 heteroatoms. The molecule has 0 spiro atoms. The first kappa shape index (κ1) is 18.5. The fourth-order valence-corrected chi connectivity index (χ4v) is 2.22. The summed E-state index contributed by atoms with van der Waals surface area (Å²) < 4.78 is 36.6. The van der Waals surface area contributed by atoms with Gasteiger partial charge in [-0.15, -0.1) is 0 Å². The summed E-state index contributed by atoms with van der Waals surface area (Å²) in [6, 6.07) is 3.85. The molecule has 0 heterocycles. The van der Waals surface area contributed by atoms with Crippen LogP contribution < -0.4 is 10.2 Å². The average Bonchev–Trinajstić information content (AvgIpc) is 2.41. The number of hydrogen-bond donors (Lipinski definition) is 2. The van der Waals surface area contributed by atoms with Crippen LogP contribution in [0.4, 0.5) is 8.78 Å². The molecule has 0 fully saturated rings. The Morgan fingerprint density at radius 3 is 2.50 bits per heavy atom. The zero-order valence-corrected chi connectivity index (χ0v) is 14.4. The van der Waals surface area contributed by atoms with Crippen LogP contribution in [0.3, 0.4) is 0 Å². The van der Waals surface area contributed by atoms with Crippen molar-refractivity contribution in [3.63, 3.8) is 0 Å². The fraction of sp³-hybridized carbons (Fsp3) is 0.500. The number of nitrogens with zero attached hydrogens (tertiary/aromatic N) is 1. The molecular formula is C14H23F2N3O2Si. The summed E-state index contributed by atoms with van der Waals surface area (Å²) in [4.78, 5) is 0. The number of hydrazine groups is 1. The first-order chi connectivity index (χ1) is 10.2. The van der Waals surface area contributed by atoms with Gasteiger partial charge in [-0.25, -0.2) is 24.6 Å². The van der Waals surface area contributed by atoms with E-state index in [0.717, 1.165) is 18.2 Å². The first-order valence-corrected chi connectivity index (χ1v) is 10.7. The minimum atomic E-state index is -1.17. The molecule has 0 aliphatic carbocycles. The maximum atomic E-state index is 13.1. The van der Waals surface area contributed by atoms with Crippen LogP contribution in [0.2, 0.25) is 25.7 Å². The minimum Gasteiger partial charge on any atom is -0.425 e. The summed E-state index contributed by atoms with van der Waals surface area (Å²) in [7, 11) is 0.451. The maximum Gasteiger partial charge on any atom is 0.306 e. The second-order valence-corrected chi connectivity index (χ2v) is 11.6. The van der Waals surface area contributed by atoms with E-state index in [1.165, 1.54) is 11.1 Å². The SMILES string of the molecule is CNN(COCC[Si](C)(C)C)C(=N)Oc1ccc(F)c(F)c1. The van der Waals surface area contributed by atoms with E-state index >= 15 is 0 Å². The van der Waals surface area contributed by atoms with E-state index in [9.17, 15) is 8.78 Å². The van der Waals surface area contributed by atoms with Gasteiger partial charge < -0.3 is 9.47 Å². The van der Waals surface area contributed by atoms with Gasteiger partial charge in [-0.3, -0.25) is 0 Å². The Labute approximate surface area is 130 Å². The summed E-state index contributed by atoms with van der Waals surface area (Å²) >= 11 is 0. The maximum absolute atomic E-state index is 13.1. The summed E-state index contributed by atoms with van der Waals surface area (Å²) in [5.74, 6) is -1.93. The number of rotatable bonds is 7. The van der Waals surface area contributed by atoms with Crippen LogP contribution in [0.15, 0.2) is 18.2 Å². The van der Waals surface area contributed by atoms with E-state index in [1.807, 2.05) is 0 Å². The van der Waals surface area contributed by atoms with Crippen LogP contribution in [0, 0.1) is 17.0 Å². The van der Waals surface area contributed by atoms with Crippen molar-refractivity contribution in [1.29, 1.82) is 5.41 Å². The van der Waals surface area contributed by atoms with Crippen molar-refractivity contribution in [3.05, 3.63) is 29.8 Å². The molecule has 0 atom stereocenters. The van der Waals surface area contributed by atoms with Gasteiger partial charge in [0.25, 0.3) is 0 Å². The van der Waals surface area contributed by atoms with Gasteiger partial charge in [0.15, 0.2) is 11.6 Å². The van der Waals surface area contributed by atoms with Crippen molar-refractivity contribution in [2.45, 2.75) is 25.7 Å². The van der Waals surface area contributed by atoms with Crippen LogP contribution in [0.5, 0.6) is 5.75 Å². The fourth-order valence-electron chi connectivity index (χ4n) is 1.47. The van der Waals surface area contributed by atoms with Gasteiger partial charge >= 0.3 is 6.02 Å². The molecule has 0 radical (unpaired) electrons. The third-order valence-corrected chi connectivity index (χ3v) is 4.54. The molecule has 0 saturated carbocycles. The third kappa shape index (κ3) is 6.50.